The molecular formula is C16H13NO. The summed E-state index contributed by atoms with van der Waals surface area (Å²) in [5, 5.41) is 9.33. The van der Waals surface area contributed by atoms with Gasteiger partial charge in [-0.3, -0.25) is 0 Å². The van der Waals surface area contributed by atoms with Gasteiger partial charge in [-0.25, -0.2) is 0 Å². The van der Waals surface area contributed by atoms with E-state index in [9.17, 15) is 5.11 Å². The third-order valence-electron chi connectivity index (χ3n) is 2.99. The van der Waals surface area contributed by atoms with Gasteiger partial charge in [-0.1, -0.05) is 30.3 Å². The minimum absolute atomic E-state index is 0.284. The Balaban J connectivity index is 2.10. The number of aromatic hydroxyl groups is 1. The maximum atomic E-state index is 9.33. The summed E-state index contributed by atoms with van der Waals surface area (Å²) in [6.45, 7) is 0. The van der Waals surface area contributed by atoms with Crippen LogP contribution in [0, 0.1) is 0 Å². The molecule has 0 atom stereocenters. The fourth-order valence-corrected chi connectivity index (χ4v) is 2.09. The van der Waals surface area contributed by atoms with Crippen molar-refractivity contribution in [2.24, 2.45) is 0 Å². The SMILES string of the molecule is Oc1ccc(-c2[nH]ccc2-c2ccccc2)cc1. The lowest BCUT2D eigenvalue weighted by molar-refractivity contribution is 0.475. The van der Waals surface area contributed by atoms with Crippen molar-refractivity contribution in [2.45, 2.75) is 0 Å². The van der Waals surface area contributed by atoms with E-state index < -0.39 is 0 Å². The predicted molar refractivity (Wildman–Crippen MR) is 73.3 cm³/mol. The van der Waals surface area contributed by atoms with Crippen LogP contribution in [-0.2, 0) is 0 Å². The van der Waals surface area contributed by atoms with Crippen LogP contribution in [0.1, 0.15) is 0 Å². The van der Waals surface area contributed by atoms with E-state index in [-0.39, 0.29) is 5.75 Å². The molecule has 3 rings (SSSR count). The van der Waals surface area contributed by atoms with Gasteiger partial charge in [0.2, 0.25) is 0 Å². The van der Waals surface area contributed by atoms with Gasteiger partial charge in [0.05, 0.1) is 5.69 Å². The molecule has 2 aromatic carbocycles. The maximum absolute atomic E-state index is 9.33. The number of rotatable bonds is 2. The first-order chi connectivity index (χ1) is 8.84. The summed E-state index contributed by atoms with van der Waals surface area (Å²) in [5.41, 5.74) is 4.49. The highest BCUT2D eigenvalue weighted by Crippen LogP contribution is 2.31. The molecule has 18 heavy (non-hydrogen) atoms. The summed E-state index contributed by atoms with van der Waals surface area (Å²) >= 11 is 0. The first kappa shape index (κ1) is 10.7. The number of aromatic amines is 1. The number of aromatic nitrogens is 1. The molecule has 0 saturated carbocycles. The molecular weight excluding hydrogens is 222 g/mol. The first-order valence-corrected chi connectivity index (χ1v) is 5.87. The maximum Gasteiger partial charge on any atom is 0.115 e. The smallest absolute Gasteiger partial charge is 0.115 e. The van der Waals surface area contributed by atoms with Crippen molar-refractivity contribution < 1.29 is 5.11 Å². The Morgan fingerprint density at radius 2 is 1.44 bits per heavy atom. The normalized spacial score (nSPS) is 10.4. The van der Waals surface area contributed by atoms with Crippen molar-refractivity contribution in [1.82, 2.24) is 4.98 Å². The van der Waals surface area contributed by atoms with Crippen LogP contribution in [0.4, 0.5) is 0 Å². The van der Waals surface area contributed by atoms with E-state index in [1.54, 1.807) is 12.1 Å². The Hall–Kier alpha value is -2.48. The second kappa shape index (κ2) is 4.41. The summed E-state index contributed by atoms with van der Waals surface area (Å²) < 4.78 is 0. The van der Waals surface area contributed by atoms with Crippen molar-refractivity contribution >= 4 is 0 Å². The molecule has 0 radical (unpaired) electrons. The summed E-state index contributed by atoms with van der Waals surface area (Å²) in [6.07, 6.45) is 1.94. The highest BCUT2D eigenvalue weighted by atomic mass is 16.3. The van der Waals surface area contributed by atoms with Crippen molar-refractivity contribution in [3.05, 3.63) is 66.9 Å². The Morgan fingerprint density at radius 3 is 2.17 bits per heavy atom. The fraction of sp³-hybridized carbons (Fsp3) is 0. The number of hydrogen-bond donors (Lipinski definition) is 2. The molecule has 0 unspecified atom stereocenters. The van der Waals surface area contributed by atoms with Crippen molar-refractivity contribution in [1.29, 1.82) is 0 Å². The third kappa shape index (κ3) is 1.89. The lowest BCUT2D eigenvalue weighted by Crippen LogP contribution is -1.81. The van der Waals surface area contributed by atoms with Gasteiger partial charge in [0.25, 0.3) is 0 Å². The van der Waals surface area contributed by atoms with E-state index in [0.717, 1.165) is 11.3 Å². The molecule has 1 aromatic heterocycles. The van der Waals surface area contributed by atoms with Gasteiger partial charge in [-0.15, -0.1) is 0 Å². The number of phenolic OH excluding ortho intramolecular Hbond substituents is 1. The largest absolute Gasteiger partial charge is 0.508 e. The van der Waals surface area contributed by atoms with Crippen molar-refractivity contribution in [2.75, 3.05) is 0 Å². The van der Waals surface area contributed by atoms with Crippen molar-refractivity contribution in [3.63, 3.8) is 0 Å². The molecule has 1 heterocycles. The molecule has 0 amide bonds. The molecule has 88 valence electrons. The fourth-order valence-electron chi connectivity index (χ4n) is 2.09. The molecule has 0 saturated heterocycles. The van der Waals surface area contributed by atoms with Crippen molar-refractivity contribution in [3.8, 4) is 28.1 Å². The minimum Gasteiger partial charge on any atom is -0.508 e. The second-order valence-electron chi connectivity index (χ2n) is 4.18. The molecule has 0 aliphatic rings. The van der Waals surface area contributed by atoms with Gasteiger partial charge in [-0.05, 0) is 41.5 Å². The number of nitrogens with one attached hydrogen (secondary N) is 1. The van der Waals surface area contributed by atoms with Gasteiger partial charge in [0.15, 0.2) is 0 Å². The molecule has 2 nitrogen and oxygen atoms in total. The molecule has 0 aliphatic heterocycles. The molecule has 2 N–H and O–H groups in total. The van der Waals surface area contributed by atoms with Gasteiger partial charge >= 0.3 is 0 Å². The van der Waals surface area contributed by atoms with Crippen LogP contribution >= 0.6 is 0 Å². The van der Waals surface area contributed by atoms with Crippen LogP contribution in [0.3, 0.4) is 0 Å². The van der Waals surface area contributed by atoms with E-state index in [1.165, 1.54) is 11.1 Å². The van der Waals surface area contributed by atoms with Gasteiger partial charge in [0, 0.05) is 11.8 Å². The van der Waals surface area contributed by atoms with Gasteiger partial charge in [-0.2, -0.15) is 0 Å². The van der Waals surface area contributed by atoms with Gasteiger partial charge < -0.3 is 10.1 Å². The Labute approximate surface area is 106 Å². The van der Waals surface area contributed by atoms with E-state index >= 15 is 0 Å². The van der Waals surface area contributed by atoms with Crippen LogP contribution in [0.25, 0.3) is 22.4 Å². The Kier molecular flexibility index (Phi) is 2.61. The zero-order chi connectivity index (χ0) is 12.4. The second-order valence-corrected chi connectivity index (χ2v) is 4.18. The lowest BCUT2D eigenvalue weighted by atomic mass is 10.0. The minimum atomic E-state index is 0.284. The first-order valence-electron chi connectivity index (χ1n) is 5.87. The average molecular weight is 235 g/mol. The van der Waals surface area contributed by atoms with Gasteiger partial charge in [0.1, 0.15) is 5.75 Å². The summed E-state index contributed by atoms with van der Waals surface area (Å²) in [6, 6.07) is 19.5. The van der Waals surface area contributed by atoms with Crippen LogP contribution < -0.4 is 0 Å². The zero-order valence-electron chi connectivity index (χ0n) is 9.80. The predicted octanol–water partition coefficient (Wildman–Crippen LogP) is 4.05. The zero-order valence-corrected chi connectivity index (χ0v) is 9.80. The highest BCUT2D eigenvalue weighted by Gasteiger charge is 2.07. The average Bonchev–Trinajstić information content (AvgIpc) is 2.90. The summed E-state index contributed by atoms with van der Waals surface area (Å²) in [7, 11) is 0. The van der Waals surface area contributed by atoms with Crippen LogP contribution in [-0.4, -0.2) is 10.1 Å². The van der Waals surface area contributed by atoms with Crippen LogP contribution in [0.5, 0.6) is 5.75 Å². The standard InChI is InChI=1S/C16H13NO/c18-14-8-6-13(7-9-14)16-15(10-11-17-16)12-4-2-1-3-5-12/h1-11,17-18H. The third-order valence-corrected chi connectivity index (χ3v) is 2.99. The lowest BCUT2D eigenvalue weighted by Gasteiger charge is -2.05. The molecule has 0 bridgehead atoms. The number of hydrogen-bond acceptors (Lipinski definition) is 1. The van der Waals surface area contributed by atoms with Crippen LogP contribution in [0.2, 0.25) is 0 Å². The summed E-state index contributed by atoms with van der Waals surface area (Å²) in [4.78, 5) is 3.26. The number of H-pyrrole nitrogens is 1. The molecule has 3 aromatic rings. The Morgan fingerprint density at radius 1 is 0.722 bits per heavy atom. The van der Waals surface area contributed by atoms with E-state index in [2.05, 4.69) is 23.2 Å². The molecule has 2 heteroatoms. The monoisotopic (exact) mass is 235 g/mol. The topological polar surface area (TPSA) is 36.0 Å². The number of benzene rings is 2. The quantitative estimate of drug-likeness (QED) is 0.690. The van der Waals surface area contributed by atoms with Crippen LogP contribution in [0.15, 0.2) is 66.9 Å². The van der Waals surface area contributed by atoms with E-state index in [1.807, 2.05) is 36.5 Å². The number of phenols is 1. The molecule has 0 fully saturated rings. The Bertz CT molecular complexity index is 638. The summed E-state index contributed by atoms with van der Waals surface area (Å²) in [5.74, 6) is 0.284. The molecule has 0 aliphatic carbocycles. The highest BCUT2D eigenvalue weighted by molar-refractivity contribution is 5.81. The van der Waals surface area contributed by atoms with E-state index in [0.29, 0.717) is 0 Å². The molecule has 0 spiro atoms. The van der Waals surface area contributed by atoms with E-state index in [4.69, 9.17) is 0 Å².